The minimum Gasteiger partial charge on any atom is -0.425 e. The lowest BCUT2D eigenvalue weighted by atomic mass is 10.1. The topological polar surface area (TPSA) is 85.4 Å². The van der Waals surface area contributed by atoms with Gasteiger partial charge < -0.3 is 4.74 Å². The number of aromatic nitrogens is 1. The molecule has 0 saturated heterocycles. The summed E-state index contributed by atoms with van der Waals surface area (Å²) in [7, 11) is -3.90. The molecule has 3 aromatic carbocycles. The average molecular weight is 439 g/mol. The summed E-state index contributed by atoms with van der Waals surface area (Å²) in [5.41, 5.74) is 0.813. The first kappa shape index (κ1) is 20.2. The minimum atomic E-state index is -3.90. The van der Waals surface area contributed by atoms with Crippen molar-refractivity contribution in [2.45, 2.75) is 17.4 Å². The summed E-state index contributed by atoms with van der Waals surface area (Å²) in [6.45, 7) is 0. The van der Waals surface area contributed by atoms with E-state index in [4.69, 9.17) is 4.74 Å². The molecule has 0 bridgehead atoms. The molecule has 0 unspecified atom stereocenters. The monoisotopic (exact) mass is 438 g/mol. The molecule has 1 atom stereocenters. The van der Waals surface area contributed by atoms with Crippen molar-refractivity contribution in [2.75, 3.05) is 0 Å². The van der Waals surface area contributed by atoms with Crippen molar-refractivity contribution in [3.05, 3.63) is 90.6 Å². The van der Waals surface area contributed by atoms with Crippen LogP contribution < -0.4 is 9.46 Å². The number of nitrogens with one attached hydrogen (secondary N) is 1. The molecular formula is C22H18N2O4S2. The van der Waals surface area contributed by atoms with Crippen molar-refractivity contribution in [1.82, 2.24) is 9.10 Å². The molecule has 0 aliphatic heterocycles. The second-order valence-corrected chi connectivity index (χ2v) is 9.17. The quantitative estimate of drug-likeness (QED) is 0.350. The molecule has 0 fully saturated rings. The van der Waals surface area contributed by atoms with Gasteiger partial charge in [0.05, 0.1) is 9.60 Å². The Morgan fingerprint density at radius 1 is 1.00 bits per heavy atom. The summed E-state index contributed by atoms with van der Waals surface area (Å²) >= 11 is 1.35. The summed E-state index contributed by atoms with van der Waals surface area (Å²) in [4.78, 5) is 13.0. The third-order valence-corrected chi connectivity index (χ3v) is 6.73. The van der Waals surface area contributed by atoms with Crippen molar-refractivity contribution in [3.8, 4) is 5.75 Å². The Balaban J connectivity index is 1.59. The predicted molar refractivity (Wildman–Crippen MR) is 116 cm³/mol. The lowest BCUT2D eigenvalue weighted by Gasteiger charge is -2.18. The zero-order valence-electron chi connectivity index (χ0n) is 15.8. The summed E-state index contributed by atoms with van der Waals surface area (Å²) in [6.07, 6.45) is 1.85. The number of sulfonamides is 1. The Bertz CT molecular complexity index is 1260. The van der Waals surface area contributed by atoms with Crippen LogP contribution in [0.25, 0.3) is 10.1 Å². The minimum absolute atomic E-state index is 0.0848. The molecule has 8 heteroatoms. The molecule has 1 aromatic heterocycles. The Hall–Kier alpha value is -3.07. The highest BCUT2D eigenvalue weighted by Crippen LogP contribution is 2.24. The first-order valence-electron chi connectivity index (χ1n) is 9.19. The van der Waals surface area contributed by atoms with Gasteiger partial charge in [0.2, 0.25) is 10.0 Å². The first-order chi connectivity index (χ1) is 14.5. The zero-order valence-corrected chi connectivity index (χ0v) is 17.4. The van der Waals surface area contributed by atoms with E-state index in [9.17, 15) is 13.2 Å². The lowest BCUT2D eigenvalue weighted by molar-refractivity contribution is -0.136. The molecule has 1 heterocycles. The van der Waals surface area contributed by atoms with Crippen LogP contribution in [0.2, 0.25) is 0 Å². The number of esters is 1. The molecule has 0 saturated carbocycles. The number of carbonyl (C=O) groups is 1. The maximum Gasteiger partial charge on any atom is 0.329 e. The summed E-state index contributed by atoms with van der Waals surface area (Å²) in [5.74, 6) is -0.342. The smallest absolute Gasteiger partial charge is 0.329 e. The predicted octanol–water partition coefficient (Wildman–Crippen LogP) is 3.79. The third kappa shape index (κ3) is 4.73. The Kier molecular flexibility index (Phi) is 5.89. The average Bonchev–Trinajstić information content (AvgIpc) is 3.22. The van der Waals surface area contributed by atoms with Crippen molar-refractivity contribution in [1.29, 1.82) is 0 Å². The van der Waals surface area contributed by atoms with Gasteiger partial charge in [-0.1, -0.05) is 48.5 Å². The molecular weight excluding hydrogens is 420 g/mol. The second kappa shape index (κ2) is 8.74. The van der Waals surface area contributed by atoms with Crippen molar-refractivity contribution < 1.29 is 17.9 Å². The molecule has 0 aliphatic rings. The van der Waals surface area contributed by atoms with E-state index in [0.717, 1.165) is 15.6 Å². The van der Waals surface area contributed by atoms with Gasteiger partial charge in [-0.25, -0.2) is 13.2 Å². The number of rotatable bonds is 7. The number of hydrogen-bond donors (Lipinski definition) is 1. The largest absolute Gasteiger partial charge is 0.425 e. The Labute approximate surface area is 178 Å². The maximum absolute atomic E-state index is 12.9. The molecule has 30 heavy (non-hydrogen) atoms. The van der Waals surface area contributed by atoms with E-state index in [1.807, 2.05) is 36.4 Å². The van der Waals surface area contributed by atoms with Crippen LogP contribution in [0.3, 0.4) is 0 Å². The van der Waals surface area contributed by atoms with Crippen LogP contribution in [0.1, 0.15) is 5.56 Å². The van der Waals surface area contributed by atoms with E-state index in [1.54, 1.807) is 36.5 Å². The molecule has 0 amide bonds. The van der Waals surface area contributed by atoms with Crippen LogP contribution in [-0.4, -0.2) is 24.8 Å². The zero-order chi connectivity index (χ0) is 21.0. The number of ether oxygens (including phenoxy) is 1. The first-order valence-corrected chi connectivity index (χ1v) is 11.4. The molecule has 1 N–H and O–H groups in total. The van der Waals surface area contributed by atoms with Crippen LogP contribution in [0.4, 0.5) is 0 Å². The van der Waals surface area contributed by atoms with E-state index in [0.29, 0.717) is 5.75 Å². The van der Waals surface area contributed by atoms with Gasteiger partial charge in [-0.05, 0) is 53.8 Å². The molecule has 0 aliphatic carbocycles. The third-order valence-electron chi connectivity index (χ3n) is 4.46. The summed E-state index contributed by atoms with van der Waals surface area (Å²) < 4.78 is 38.7. The van der Waals surface area contributed by atoms with Gasteiger partial charge >= 0.3 is 5.97 Å². The van der Waals surface area contributed by atoms with Gasteiger partial charge in [0.15, 0.2) is 0 Å². The normalized spacial score (nSPS) is 12.5. The standard InChI is InChI=1S/C22H18N2O4S2/c25-22(28-18-11-12-21-17(14-18)15-23-29-21)20(13-16-7-3-1-4-8-16)24-30(26,27)19-9-5-2-6-10-19/h1-12,14-15,20,24H,13H2/t20-/m0/s1. The SMILES string of the molecule is O=C(Oc1ccc2sncc2c1)[C@H](Cc1ccccc1)NS(=O)(=O)c1ccccc1. The summed E-state index contributed by atoms with van der Waals surface area (Å²) in [6, 6.07) is 21.2. The molecule has 4 aromatic rings. The Morgan fingerprint density at radius 3 is 2.43 bits per heavy atom. The molecule has 6 nitrogen and oxygen atoms in total. The highest BCUT2D eigenvalue weighted by atomic mass is 32.2. The molecule has 0 spiro atoms. The molecule has 152 valence electrons. The van der Waals surface area contributed by atoms with Gasteiger partial charge in [0.1, 0.15) is 11.8 Å². The number of nitrogens with zero attached hydrogens (tertiary/aromatic N) is 1. The number of carbonyl (C=O) groups excluding carboxylic acids is 1. The molecule has 4 rings (SSSR count). The fourth-order valence-electron chi connectivity index (χ4n) is 2.98. The van der Waals surface area contributed by atoms with E-state index in [2.05, 4.69) is 9.10 Å². The van der Waals surface area contributed by atoms with Crippen LogP contribution in [0.5, 0.6) is 5.75 Å². The second-order valence-electron chi connectivity index (χ2n) is 6.62. The van der Waals surface area contributed by atoms with E-state index in [1.165, 1.54) is 23.7 Å². The van der Waals surface area contributed by atoms with Crippen LogP contribution in [-0.2, 0) is 21.2 Å². The van der Waals surface area contributed by atoms with Crippen molar-refractivity contribution in [3.63, 3.8) is 0 Å². The van der Waals surface area contributed by atoms with Gasteiger partial charge in [-0.15, -0.1) is 0 Å². The highest BCUT2D eigenvalue weighted by Gasteiger charge is 2.27. The number of fused-ring (bicyclic) bond motifs is 1. The van der Waals surface area contributed by atoms with Gasteiger partial charge in [0.25, 0.3) is 0 Å². The van der Waals surface area contributed by atoms with Crippen molar-refractivity contribution in [2.24, 2.45) is 0 Å². The Morgan fingerprint density at radius 2 is 1.70 bits per heavy atom. The van der Waals surface area contributed by atoms with E-state index in [-0.39, 0.29) is 11.3 Å². The van der Waals surface area contributed by atoms with Crippen LogP contribution in [0.15, 0.2) is 90.0 Å². The van der Waals surface area contributed by atoms with Gasteiger partial charge in [-0.2, -0.15) is 9.10 Å². The van der Waals surface area contributed by atoms with Crippen LogP contribution >= 0.6 is 11.5 Å². The fraction of sp³-hybridized carbons (Fsp3) is 0.0909. The highest BCUT2D eigenvalue weighted by molar-refractivity contribution is 7.89. The number of hydrogen-bond acceptors (Lipinski definition) is 6. The summed E-state index contributed by atoms with van der Waals surface area (Å²) in [5, 5.41) is 0.856. The van der Waals surface area contributed by atoms with Gasteiger partial charge in [0, 0.05) is 11.6 Å². The number of benzene rings is 3. The van der Waals surface area contributed by atoms with Crippen molar-refractivity contribution >= 4 is 37.6 Å². The van der Waals surface area contributed by atoms with E-state index < -0.39 is 22.0 Å². The lowest BCUT2D eigenvalue weighted by Crippen LogP contribution is -2.44. The van der Waals surface area contributed by atoms with E-state index >= 15 is 0 Å². The fourth-order valence-corrected chi connectivity index (χ4v) is 4.81. The van der Waals surface area contributed by atoms with Gasteiger partial charge in [-0.3, -0.25) is 0 Å². The van der Waals surface area contributed by atoms with Crippen LogP contribution in [0, 0.1) is 0 Å². The molecule has 0 radical (unpaired) electrons. The maximum atomic E-state index is 12.9.